The van der Waals surface area contributed by atoms with Crippen LogP contribution < -0.4 is 5.73 Å². The standard InChI is InChI=1S/C10H12N6O/c11-9(17)10-14-8-3-1-2-7(16(8)15-10)6-4-12-13-5-6/h4-5,7H,1-3H2,(H2,11,17)(H,12,13). The number of carbonyl (C=O) groups is 1. The van der Waals surface area contributed by atoms with Crippen molar-refractivity contribution in [1.29, 1.82) is 0 Å². The van der Waals surface area contributed by atoms with Gasteiger partial charge < -0.3 is 5.73 Å². The summed E-state index contributed by atoms with van der Waals surface area (Å²) in [7, 11) is 0. The molecule has 0 fully saturated rings. The summed E-state index contributed by atoms with van der Waals surface area (Å²) < 4.78 is 1.79. The van der Waals surface area contributed by atoms with Gasteiger partial charge in [0.15, 0.2) is 0 Å². The van der Waals surface area contributed by atoms with Crippen molar-refractivity contribution in [2.24, 2.45) is 5.73 Å². The molecule has 3 heterocycles. The Morgan fingerprint density at radius 1 is 1.59 bits per heavy atom. The number of hydrogen-bond acceptors (Lipinski definition) is 4. The largest absolute Gasteiger partial charge is 0.363 e. The molecular weight excluding hydrogens is 220 g/mol. The highest BCUT2D eigenvalue weighted by Crippen LogP contribution is 2.28. The number of aromatic nitrogens is 5. The number of rotatable bonds is 2. The summed E-state index contributed by atoms with van der Waals surface area (Å²) in [6.07, 6.45) is 6.42. The third-order valence-electron chi connectivity index (χ3n) is 3.00. The van der Waals surface area contributed by atoms with E-state index in [1.807, 2.05) is 6.20 Å². The fourth-order valence-corrected chi connectivity index (χ4v) is 2.21. The summed E-state index contributed by atoms with van der Waals surface area (Å²) in [5.74, 6) is 0.324. The van der Waals surface area contributed by atoms with Gasteiger partial charge in [-0.3, -0.25) is 9.89 Å². The number of fused-ring (bicyclic) bond motifs is 1. The van der Waals surface area contributed by atoms with Gasteiger partial charge in [-0.15, -0.1) is 5.10 Å². The smallest absolute Gasteiger partial charge is 0.288 e. The molecule has 0 aliphatic carbocycles. The van der Waals surface area contributed by atoms with Crippen LogP contribution in [0.3, 0.4) is 0 Å². The number of nitrogens with zero attached hydrogens (tertiary/aromatic N) is 4. The van der Waals surface area contributed by atoms with Crippen LogP contribution in [-0.2, 0) is 6.42 Å². The number of hydrogen-bond donors (Lipinski definition) is 2. The number of H-pyrrole nitrogens is 1. The molecular formula is C10H12N6O. The summed E-state index contributed by atoms with van der Waals surface area (Å²) in [4.78, 5) is 15.2. The molecule has 0 aromatic carbocycles. The molecule has 2 aromatic heterocycles. The molecule has 7 nitrogen and oxygen atoms in total. The summed E-state index contributed by atoms with van der Waals surface area (Å²) in [5.41, 5.74) is 6.24. The molecule has 1 aliphatic heterocycles. The highest BCUT2D eigenvalue weighted by molar-refractivity contribution is 5.88. The van der Waals surface area contributed by atoms with Crippen LogP contribution in [0.4, 0.5) is 0 Å². The van der Waals surface area contributed by atoms with Crippen molar-refractivity contribution in [1.82, 2.24) is 25.0 Å². The van der Waals surface area contributed by atoms with Crippen LogP contribution in [0, 0.1) is 0 Å². The first kappa shape index (κ1) is 10.0. The lowest BCUT2D eigenvalue weighted by Gasteiger charge is -2.22. The normalized spacial score (nSPS) is 18.9. The number of aryl methyl sites for hydroxylation is 1. The third kappa shape index (κ3) is 1.59. The Labute approximate surface area is 97.0 Å². The third-order valence-corrected chi connectivity index (χ3v) is 3.00. The Balaban J connectivity index is 2.04. The maximum Gasteiger partial charge on any atom is 0.288 e. The van der Waals surface area contributed by atoms with Crippen LogP contribution in [0.2, 0.25) is 0 Å². The van der Waals surface area contributed by atoms with Gasteiger partial charge in [-0.25, -0.2) is 9.67 Å². The van der Waals surface area contributed by atoms with Crippen molar-refractivity contribution in [3.05, 3.63) is 29.6 Å². The van der Waals surface area contributed by atoms with E-state index in [1.54, 1.807) is 10.9 Å². The predicted molar refractivity (Wildman–Crippen MR) is 58.2 cm³/mol. The maximum atomic E-state index is 11.1. The van der Waals surface area contributed by atoms with Gasteiger partial charge in [0, 0.05) is 18.2 Å². The molecule has 0 spiro atoms. The molecule has 2 aromatic rings. The van der Waals surface area contributed by atoms with Gasteiger partial charge in [-0.1, -0.05) is 0 Å². The average molecular weight is 232 g/mol. The van der Waals surface area contributed by atoms with E-state index in [9.17, 15) is 4.79 Å². The minimum Gasteiger partial charge on any atom is -0.363 e. The van der Waals surface area contributed by atoms with Crippen molar-refractivity contribution < 1.29 is 4.79 Å². The van der Waals surface area contributed by atoms with Crippen molar-refractivity contribution in [2.45, 2.75) is 25.3 Å². The molecule has 1 aliphatic rings. The topological polar surface area (TPSA) is 102 Å². The van der Waals surface area contributed by atoms with Crippen LogP contribution >= 0.6 is 0 Å². The molecule has 0 radical (unpaired) electrons. The SMILES string of the molecule is NC(=O)c1nc2n(n1)C(c1cn[nH]c1)CCC2. The van der Waals surface area contributed by atoms with Crippen molar-refractivity contribution in [2.75, 3.05) is 0 Å². The molecule has 3 rings (SSSR count). The molecule has 0 saturated heterocycles. The second kappa shape index (κ2) is 3.69. The predicted octanol–water partition coefficient (Wildman–Crippen LogP) is 0.0258. The lowest BCUT2D eigenvalue weighted by molar-refractivity contribution is 0.0990. The van der Waals surface area contributed by atoms with E-state index in [0.29, 0.717) is 0 Å². The summed E-state index contributed by atoms with van der Waals surface area (Å²) >= 11 is 0. The van der Waals surface area contributed by atoms with Gasteiger partial charge in [0.1, 0.15) is 5.82 Å². The Kier molecular flexibility index (Phi) is 2.17. The quantitative estimate of drug-likeness (QED) is 0.762. The highest BCUT2D eigenvalue weighted by Gasteiger charge is 2.26. The summed E-state index contributed by atoms with van der Waals surface area (Å²) in [6.45, 7) is 0. The van der Waals surface area contributed by atoms with Crippen LogP contribution in [0.15, 0.2) is 12.4 Å². The van der Waals surface area contributed by atoms with E-state index in [2.05, 4.69) is 20.3 Å². The summed E-state index contributed by atoms with van der Waals surface area (Å²) in [5, 5.41) is 10.9. The van der Waals surface area contributed by atoms with E-state index in [1.165, 1.54) is 0 Å². The molecule has 1 atom stereocenters. The molecule has 7 heteroatoms. The van der Waals surface area contributed by atoms with Gasteiger partial charge in [0.05, 0.1) is 12.2 Å². The molecule has 88 valence electrons. The Bertz CT molecular complexity index is 543. The first-order chi connectivity index (χ1) is 8.25. The number of amides is 1. The molecule has 1 amide bonds. The van der Waals surface area contributed by atoms with Crippen LogP contribution in [0.25, 0.3) is 0 Å². The zero-order chi connectivity index (χ0) is 11.8. The Morgan fingerprint density at radius 2 is 2.47 bits per heavy atom. The van der Waals surface area contributed by atoms with E-state index in [0.717, 1.165) is 30.7 Å². The van der Waals surface area contributed by atoms with Crippen LogP contribution in [-0.4, -0.2) is 30.9 Å². The summed E-state index contributed by atoms with van der Waals surface area (Å²) in [6, 6.07) is 0.0955. The number of primary amides is 1. The monoisotopic (exact) mass is 232 g/mol. The Morgan fingerprint density at radius 3 is 3.18 bits per heavy atom. The van der Waals surface area contributed by atoms with E-state index >= 15 is 0 Å². The first-order valence-corrected chi connectivity index (χ1v) is 5.49. The van der Waals surface area contributed by atoms with Gasteiger partial charge in [-0.05, 0) is 12.8 Å². The lowest BCUT2D eigenvalue weighted by atomic mass is 10.0. The minimum atomic E-state index is -0.585. The first-order valence-electron chi connectivity index (χ1n) is 5.49. The second-order valence-corrected chi connectivity index (χ2v) is 4.10. The molecule has 17 heavy (non-hydrogen) atoms. The number of nitrogens with two attached hydrogens (primary N) is 1. The molecule has 1 unspecified atom stereocenters. The fraction of sp³-hybridized carbons (Fsp3) is 0.400. The lowest BCUT2D eigenvalue weighted by Crippen LogP contribution is -2.20. The second-order valence-electron chi connectivity index (χ2n) is 4.10. The zero-order valence-electron chi connectivity index (χ0n) is 9.13. The fourth-order valence-electron chi connectivity index (χ4n) is 2.21. The average Bonchev–Trinajstić information content (AvgIpc) is 2.97. The Hall–Kier alpha value is -2.18. The van der Waals surface area contributed by atoms with Crippen molar-refractivity contribution in [3.63, 3.8) is 0 Å². The van der Waals surface area contributed by atoms with Gasteiger partial charge in [-0.2, -0.15) is 5.10 Å². The van der Waals surface area contributed by atoms with Gasteiger partial charge in [0.2, 0.25) is 5.82 Å². The van der Waals surface area contributed by atoms with Crippen molar-refractivity contribution in [3.8, 4) is 0 Å². The van der Waals surface area contributed by atoms with E-state index < -0.39 is 5.91 Å². The van der Waals surface area contributed by atoms with E-state index in [-0.39, 0.29) is 11.9 Å². The highest BCUT2D eigenvalue weighted by atomic mass is 16.1. The van der Waals surface area contributed by atoms with Crippen LogP contribution in [0.1, 0.15) is 40.9 Å². The van der Waals surface area contributed by atoms with Gasteiger partial charge >= 0.3 is 0 Å². The minimum absolute atomic E-state index is 0.0930. The van der Waals surface area contributed by atoms with E-state index in [4.69, 9.17) is 5.73 Å². The van der Waals surface area contributed by atoms with Crippen molar-refractivity contribution >= 4 is 5.91 Å². The molecule has 0 saturated carbocycles. The maximum absolute atomic E-state index is 11.1. The number of nitrogens with one attached hydrogen (secondary N) is 1. The molecule has 3 N–H and O–H groups in total. The molecule has 0 bridgehead atoms. The number of carbonyl (C=O) groups excluding carboxylic acids is 1. The number of aromatic amines is 1. The van der Waals surface area contributed by atoms with Crippen LogP contribution in [0.5, 0.6) is 0 Å². The van der Waals surface area contributed by atoms with Gasteiger partial charge in [0.25, 0.3) is 5.91 Å². The zero-order valence-corrected chi connectivity index (χ0v) is 9.13.